The third kappa shape index (κ3) is 4.84. The number of methoxy groups -OCH3 is 1. The summed E-state index contributed by atoms with van der Waals surface area (Å²) in [6.07, 6.45) is 0.581. The molecule has 0 aliphatic rings. The third-order valence-corrected chi connectivity index (χ3v) is 4.70. The van der Waals surface area contributed by atoms with Crippen molar-refractivity contribution in [3.63, 3.8) is 0 Å². The second kappa shape index (κ2) is 9.11. The van der Waals surface area contributed by atoms with Crippen LogP contribution in [0.5, 0.6) is 5.75 Å². The standard InChI is InChI=1S/C23H23FN6O3/c1-13(2)33-17-8-5-15(6-9-17)26-21-19(24)12-25-22(28-21)27-16-7-10-20-18(11-16)14(3)29-30(20)23(31)32-4/h5-13H,1-4H3,(H2,25,26,27,28). The number of nitrogens with one attached hydrogen (secondary N) is 2. The molecule has 170 valence electrons. The molecule has 0 amide bonds. The van der Waals surface area contributed by atoms with Crippen LogP contribution in [0.4, 0.5) is 32.3 Å². The molecule has 4 aromatic rings. The average molecular weight is 450 g/mol. The number of aryl methyl sites for hydroxylation is 1. The predicted molar refractivity (Wildman–Crippen MR) is 123 cm³/mol. The van der Waals surface area contributed by atoms with Gasteiger partial charge in [0.15, 0.2) is 11.6 Å². The molecule has 0 saturated heterocycles. The van der Waals surface area contributed by atoms with Crippen LogP contribution >= 0.6 is 0 Å². The van der Waals surface area contributed by atoms with E-state index in [1.807, 2.05) is 19.9 Å². The Morgan fingerprint density at radius 2 is 1.82 bits per heavy atom. The number of aromatic nitrogens is 4. The maximum atomic E-state index is 14.3. The van der Waals surface area contributed by atoms with Gasteiger partial charge in [0.05, 0.1) is 30.6 Å². The van der Waals surface area contributed by atoms with Gasteiger partial charge in [-0.15, -0.1) is 0 Å². The van der Waals surface area contributed by atoms with Crippen LogP contribution < -0.4 is 15.4 Å². The van der Waals surface area contributed by atoms with E-state index < -0.39 is 11.9 Å². The van der Waals surface area contributed by atoms with Gasteiger partial charge in [-0.3, -0.25) is 0 Å². The third-order valence-electron chi connectivity index (χ3n) is 4.70. The van der Waals surface area contributed by atoms with Crippen molar-refractivity contribution in [1.82, 2.24) is 19.7 Å². The first-order valence-corrected chi connectivity index (χ1v) is 10.2. The lowest BCUT2D eigenvalue weighted by Crippen LogP contribution is -2.12. The molecule has 2 aromatic heterocycles. The first-order valence-electron chi connectivity index (χ1n) is 10.2. The zero-order chi connectivity index (χ0) is 23.5. The van der Waals surface area contributed by atoms with E-state index in [0.717, 1.165) is 17.3 Å². The molecule has 2 N–H and O–H groups in total. The summed E-state index contributed by atoms with van der Waals surface area (Å²) in [5, 5.41) is 11.0. The summed E-state index contributed by atoms with van der Waals surface area (Å²) in [7, 11) is 1.30. The molecule has 0 radical (unpaired) electrons. The molecule has 0 aliphatic heterocycles. The Hall–Kier alpha value is -4.21. The van der Waals surface area contributed by atoms with Crippen molar-refractivity contribution in [2.45, 2.75) is 26.9 Å². The molecular weight excluding hydrogens is 427 g/mol. The lowest BCUT2D eigenvalue weighted by atomic mass is 10.2. The monoisotopic (exact) mass is 450 g/mol. The van der Waals surface area contributed by atoms with E-state index in [4.69, 9.17) is 9.47 Å². The van der Waals surface area contributed by atoms with Crippen LogP contribution in [0.1, 0.15) is 19.5 Å². The quantitative estimate of drug-likeness (QED) is 0.415. The van der Waals surface area contributed by atoms with Crippen molar-refractivity contribution < 1.29 is 18.7 Å². The molecule has 0 unspecified atom stereocenters. The highest BCUT2D eigenvalue weighted by atomic mass is 19.1. The molecule has 0 fully saturated rings. The van der Waals surface area contributed by atoms with Gasteiger partial charge in [-0.05, 0) is 63.2 Å². The maximum absolute atomic E-state index is 14.3. The number of rotatable bonds is 6. The number of carbonyl (C=O) groups is 1. The fraction of sp³-hybridized carbons (Fsp3) is 0.217. The lowest BCUT2D eigenvalue weighted by molar-refractivity contribution is 0.170. The summed E-state index contributed by atoms with van der Waals surface area (Å²) in [5.41, 5.74) is 2.58. The highest BCUT2D eigenvalue weighted by Crippen LogP contribution is 2.26. The first kappa shape index (κ1) is 22.0. The number of hydrogen-bond donors (Lipinski definition) is 2. The second-order valence-electron chi connectivity index (χ2n) is 7.53. The van der Waals surface area contributed by atoms with Crippen LogP contribution in [-0.4, -0.2) is 39.1 Å². The Bertz CT molecular complexity index is 1300. The van der Waals surface area contributed by atoms with E-state index in [1.165, 1.54) is 11.8 Å². The molecule has 2 aromatic carbocycles. The topological polar surface area (TPSA) is 103 Å². The van der Waals surface area contributed by atoms with Crippen LogP contribution in [0.25, 0.3) is 10.9 Å². The van der Waals surface area contributed by atoms with Gasteiger partial charge in [0.2, 0.25) is 5.95 Å². The molecule has 0 saturated carbocycles. The highest BCUT2D eigenvalue weighted by molar-refractivity contribution is 5.91. The van der Waals surface area contributed by atoms with Gasteiger partial charge in [-0.1, -0.05) is 0 Å². The molecule has 33 heavy (non-hydrogen) atoms. The number of hydrogen-bond acceptors (Lipinski definition) is 8. The summed E-state index contributed by atoms with van der Waals surface area (Å²) < 4.78 is 25.9. The second-order valence-corrected chi connectivity index (χ2v) is 7.53. The smallest absolute Gasteiger partial charge is 0.434 e. The van der Waals surface area contributed by atoms with Crippen LogP contribution in [0.3, 0.4) is 0 Å². The Morgan fingerprint density at radius 3 is 2.52 bits per heavy atom. The van der Waals surface area contributed by atoms with Crippen molar-refractivity contribution in [2.75, 3.05) is 17.7 Å². The van der Waals surface area contributed by atoms with E-state index in [-0.39, 0.29) is 17.9 Å². The Kier molecular flexibility index (Phi) is 6.07. The SMILES string of the molecule is COC(=O)n1nc(C)c2cc(Nc3ncc(F)c(Nc4ccc(OC(C)C)cc4)n3)ccc21. The summed E-state index contributed by atoms with van der Waals surface area (Å²) >= 11 is 0. The van der Waals surface area contributed by atoms with Crippen LogP contribution in [0, 0.1) is 12.7 Å². The van der Waals surface area contributed by atoms with Crippen LogP contribution in [0.2, 0.25) is 0 Å². The number of halogens is 1. The minimum absolute atomic E-state index is 0.0285. The van der Waals surface area contributed by atoms with Gasteiger partial charge in [0.25, 0.3) is 0 Å². The predicted octanol–water partition coefficient (Wildman–Crippen LogP) is 5.16. The Balaban J connectivity index is 1.55. The Morgan fingerprint density at radius 1 is 1.09 bits per heavy atom. The van der Waals surface area contributed by atoms with Crippen molar-refractivity contribution in [2.24, 2.45) is 0 Å². The van der Waals surface area contributed by atoms with E-state index in [1.54, 1.807) is 43.3 Å². The first-order chi connectivity index (χ1) is 15.8. The van der Waals surface area contributed by atoms with E-state index in [0.29, 0.717) is 22.6 Å². The number of anilines is 4. The molecule has 0 bridgehead atoms. The zero-order valence-electron chi connectivity index (χ0n) is 18.6. The zero-order valence-corrected chi connectivity index (χ0v) is 18.6. The largest absolute Gasteiger partial charge is 0.491 e. The minimum atomic E-state index is -0.589. The number of ether oxygens (including phenoxy) is 2. The van der Waals surface area contributed by atoms with E-state index >= 15 is 0 Å². The molecule has 0 atom stereocenters. The van der Waals surface area contributed by atoms with Crippen molar-refractivity contribution in [3.8, 4) is 5.75 Å². The van der Waals surface area contributed by atoms with Gasteiger partial charge in [0, 0.05) is 16.8 Å². The van der Waals surface area contributed by atoms with E-state index in [2.05, 4.69) is 25.7 Å². The number of nitrogens with zero attached hydrogens (tertiary/aromatic N) is 4. The molecular formula is C23H23FN6O3. The lowest BCUT2D eigenvalue weighted by Gasteiger charge is -2.12. The summed E-state index contributed by atoms with van der Waals surface area (Å²) in [5.74, 6) is 0.368. The van der Waals surface area contributed by atoms with Gasteiger partial charge < -0.3 is 20.1 Å². The summed E-state index contributed by atoms with van der Waals surface area (Å²) in [6.45, 7) is 5.68. The number of carbonyl (C=O) groups excluding carboxylic acids is 1. The number of benzene rings is 2. The fourth-order valence-electron chi connectivity index (χ4n) is 3.24. The Labute approximate surface area is 189 Å². The minimum Gasteiger partial charge on any atom is -0.491 e. The van der Waals surface area contributed by atoms with Crippen molar-refractivity contribution in [3.05, 3.63) is 60.2 Å². The van der Waals surface area contributed by atoms with Gasteiger partial charge in [0.1, 0.15) is 5.75 Å². The van der Waals surface area contributed by atoms with Crippen molar-refractivity contribution >= 4 is 40.1 Å². The molecule has 0 spiro atoms. The molecule has 2 heterocycles. The van der Waals surface area contributed by atoms with Crippen molar-refractivity contribution in [1.29, 1.82) is 0 Å². The van der Waals surface area contributed by atoms with E-state index in [9.17, 15) is 9.18 Å². The summed E-state index contributed by atoms with van der Waals surface area (Å²) in [6, 6.07) is 12.4. The molecule has 0 aliphatic carbocycles. The molecule has 4 rings (SSSR count). The molecule has 9 nitrogen and oxygen atoms in total. The number of fused-ring (bicyclic) bond motifs is 1. The maximum Gasteiger partial charge on any atom is 0.434 e. The van der Waals surface area contributed by atoms with Gasteiger partial charge >= 0.3 is 6.09 Å². The fourth-order valence-corrected chi connectivity index (χ4v) is 3.24. The highest BCUT2D eigenvalue weighted by Gasteiger charge is 2.15. The summed E-state index contributed by atoms with van der Waals surface area (Å²) in [4.78, 5) is 20.2. The van der Waals surface area contributed by atoms with Gasteiger partial charge in [-0.25, -0.2) is 14.2 Å². The van der Waals surface area contributed by atoms with Crippen LogP contribution in [0.15, 0.2) is 48.7 Å². The average Bonchev–Trinajstić information content (AvgIpc) is 3.12. The van der Waals surface area contributed by atoms with Crippen LogP contribution in [-0.2, 0) is 4.74 Å². The van der Waals surface area contributed by atoms with Gasteiger partial charge in [-0.2, -0.15) is 14.8 Å². The normalized spacial score (nSPS) is 11.0. The molecule has 10 heteroatoms.